The Labute approximate surface area is 120 Å². The molecule has 1 amide bonds. The lowest BCUT2D eigenvalue weighted by Crippen LogP contribution is -2.14. The molecular weight excluding hydrogens is 275 g/mol. The number of nitrogen functional groups attached to an aromatic ring is 1. The fourth-order valence-corrected chi connectivity index (χ4v) is 1.75. The quantitative estimate of drug-likeness (QED) is 0.843. The van der Waals surface area contributed by atoms with E-state index in [2.05, 4.69) is 15.3 Å². The zero-order valence-electron chi connectivity index (χ0n) is 11.0. The maximum Gasteiger partial charge on any atom is 0.228 e. The summed E-state index contributed by atoms with van der Waals surface area (Å²) in [7, 11) is 0. The fourth-order valence-electron chi connectivity index (χ4n) is 1.75. The first-order valence-electron chi connectivity index (χ1n) is 6.47. The number of carbonyl (C=O) groups is 1. The van der Waals surface area contributed by atoms with Crippen molar-refractivity contribution >= 4 is 17.4 Å². The lowest BCUT2D eigenvalue weighted by atomic mass is 10.3. The first-order valence-corrected chi connectivity index (χ1v) is 6.47. The minimum Gasteiger partial charge on any atom is -0.436 e. The molecule has 0 saturated heterocycles. The summed E-state index contributed by atoms with van der Waals surface area (Å²) in [5.74, 6) is -0.121. The second kappa shape index (κ2) is 5.35. The van der Waals surface area contributed by atoms with Gasteiger partial charge in [0.15, 0.2) is 11.6 Å². The van der Waals surface area contributed by atoms with Gasteiger partial charge in [0.1, 0.15) is 12.1 Å². The SMILES string of the molecule is Nc1ccc(Oc2cc(NC(=O)C3CC3)ncn2)c(F)c1. The first-order chi connectivity index (χ1) is 10.1. The van der Waals surface area contributed by atoms with E-state index in [0.717, 1.165) is 18.9 Å². The topological polar surface area (TPSA) is 90.1 Å². The van der Waals surface area contributed by atoms with Crippen LogP contribution in [0.1, 0.15) is 12.8 Å². The first kappa shape index (κ1) is 13.3. The van der Waals surface area contributed by atoms with Gasteiger partial charge in [0.05, 0.1) is 0 Å². The van der Waals surface area contributed by atoms with Crippen molar-refractivity contribution in [2.75, 3.05) is 11.1 Å². The molecule has 0 spiro atoms. The number of carbonyl (C=O) groups excluding carboxylic acids is 1. The highest BCUT2D eigenvalue weighted by molar-refractivity contribution is 5.93. The predicted molar refractivity (Wildman–Crippen MR) is 74.3 cm³/mol. The molecule has 3 rings (SSSR count). The Kier molecular flexibility index (Phi) is 3.39. The fraction of sp³-hybridized carbons (Fsp3) is 0.214. The normalized spacial score (nSPS) is 13.8. The molecule has 21 heavy (non-hydrogen) atoms. The van der Waals surface area contributed by atoms with Crippen molar-refractivity contribution in [1.29, 1.82) is 0 Å². The van der Waals surface area contributed by atoms with E-state index in [4.69, 9.17) is 10.5 Å². The van der Waals surface area contributed by atoms with Gasteiger partial charge in [-0.25, -0.2) is 14.4 Å². The van der Waals surface area contributed by atoms with E-state index in [1.54, 1.807) is 0 Å². The highest BCUT2D eigenvalue weighted by Crippen LogP contribution is 2.30. The Morgan fingerprint density at radius 3 is 2.86 bits per heavy atom. The highest BCUT2D eigenvalue weighted by atomic mass is 19.1. The van der Waals surface area contributed by atoms with Crippen LogP contribution in [-0.2, 0) is 4.79 Å². The Balaban J connectivity index is 1.74. The molecule has 1 saturated carbocycles. The second-order valence-electron chi connectivity index (χ2n) is 4.80. The van der Waals surface area contributed by atoms with Crippen LogP contribution in [0, 0.1) is 11.7 Å². The van der Waals surface area contributed by atoms with Crippen LogP contribution in [0.2, 0.25) is 0 Å². The van der Waals surface area contributed by atoms with Crippen LogP contribution in [0.25, 0.3) is 0 Å². The van der Waals surface area contributed by atoms with Crippen LogP contribution in [-0.4, -0.2) is 15.9 Å². The lowest BCUT2D eigenvalue weighted by molar-refractivity contribution is -0.117. The van der Waals surface area contributed by atoms with Gasteiger partial charge in [-0.05, 0) is 25.0 Å². The van der Waals surface area contributed by atoms with Gasteiger partial charge in [-0.15, -0.1) is 0 Å². The van der Waals surface area contributed by atoms with Crippen LogP contribution in [0.3, 0.4) is 0 Å². The van der Waals surface area contributed by atoms with Crippen LogP contribution in [0.4, 0.5) is 15.9 Å². The molecule has 6 nitrogen and oxygen atoms in total. The summed E-state index contributed by atoms with van der Waals surface area (Å²) in [5, 5.41) is 2.67. The molecule has 0 unspecified atom stereocenters. The van der Waals surface area contributed by atoms with Gasteiger partial charge >= 0.3 is 0 Å². The third-order valence-corrected chi connectivity index (χ3v) is 3.01. The minimum absolute atomic E-state index is 0.00219. The number of nitrogens with two attached hydrogens (primary N) is 1. The largest absolute Gasteiger partial charge is 0.436 e. The van der Waals surface area contributed by atoms with E-state index >= 15 is 0 Å². The van der Waals surface area contributed by atoms with Crippen LogP contribution in [0.15, 0.2) is 30.6 Å². The number of halogens is 1. The summed E-state index contributed by atoms with van der Waals surface area (Å²) in [6.45, 7) is 0. The molecule has 1 aromatic heterocycles. The van der Waals surface area contributed by atoms with Crippen LogP contribution < -0.4 is 15.8 Å². The Morgan fingerprint density at radius 1 is 1.33 bits per heavy atom. The smallest absolute Gasteiger partial charge is 0.228 e. The predicted octanol–water partition coefficient (Wildman–Crippen LogP) is 2.34. The van der Waals surface area contributed by atoms with Crippen molar-refractivity contribution in [2.45, 2.75) is 12.8 Å². The van der Waals surface area contributed by atoms with Crippen molar-refractivity contribution in [3.8, 4) is 11.6 Å². The maximum atomic E-state index is 13.6. The minimum atomic E-state index is -0.586. The summed E-state index contributed by atoms with van der Waals surface area (Å²) in [6, 6.07) is 5.53. The zero-order chi connectivity index (χ0) is 14.8. The molecule has 1 aliphatic rings. The molecule has 0 bridgehead atoms. The Bertz CT molecular complexity index is 688. The van der Waals surface area contributed by atoms with E-state index in [9.17, 15) is 9.18 Å². The number of nitrogens with zero attached hydrogens (tertiary/aromatic N) is 2. The number of anilines is 2. The molecule has 1 heterocycles. The molecule has 0 aliphatic heterocycles. The summed E-state index contributed by atoms with van der Waals surface area (Å²) in [4.78, 5) is 19.5. The standard InChI is InChI=1S/C14H13FN4O2/c15-10-5-9(16)3-4-11(10)21-13-6-12(17-7-18-13)19-14(20)8-1-2-8/h3-8H,1-2,16H2,(H,17,18,19,20). The van der Waals surface area contributed by atoms with E-state index in [1.165, 1.54) is 24.5 Å². The number of amides is 1. The van der Waals surface area contributed by atoms with Crippen molar-refractivity contribution in [1.82, 2.24) is 9.97 Å². The number of benzene rings is 1. The molecule has 0 radical (unpaired) electrons. The molecule has 3 N–H and O–H groups in total. The Hall–Kier alpha value is -2.70. The Morgan fingerprint density at radius 2 is 2.14 bits per heavy atom. The summed E-state index contributed by atoms with van der Waals surface area (Å²) < 4.78 is 19.0. The average molecular weight is 288 g/mol. The van der Waals surface area contributed by atoms with E-state index in [-0.39, 0.29) is 23.5 Å². The van der Waals surface area contributed by atoms with Gasteiger partial charge in [0.2, 0.25) is 11.8 Å². The summed E-state index contributed by atoms with van der Waals surface area (Å²) >= 11 is 0. The van der Waals surface area contributed by atoms with E-state index < -0.39 is 5.82 Å². The van der Waals surface area contributed by atoms with Crippen molar-refractivity contribution in [3.63, 3.8) is 0 Å². The molecule has 1 aromatic carbocycles. The van der Waals surface area contributed by atoms with Gasteiger partial charge in [-0.1, -0.05) is 0 Å². The summed E-state index contributed by atoms with van der Waals surface area (Å²) in [5.41, 5.74) is 5.77. The number of rotatable bonds is 4. The third kappa shape index (κ3) is 3.25. The van der Waals surface area contributed by atoms with E-state index in [1.807, 2.05) is 0 Å². The molecule has 1 fully saturated rings. The van der Waals surface area contributed by atoms with Crippen molar-refractivity contribution in [3.05, 3.63) is 36.4 Å². The van der Waals surface area contributed by atoms with Gasteiger partial charge < -0.3 is 15.8 Å². The maximum absolute atomic E-state index is 13.6. The van der Waals surface area contributed by atoms with Gasteiger partial charge in [-0.2, -0.15) is 0 Å². The van der Waals surface area contributed by atoms with Crippen LogP contribution >= 0.6 is 0 Å². The second-order valence-corrected chi connectivity index (χ2v) is 4.80. The molecule has 1 aliphatic carbocycles. The third-order valence-electron chi connectivity index (χ3n) is 3.01. The number of hydrogen-bond acceptors (Lipinski definition) is 5. The van der Waals surface area contributed by atoms with Crippen molar-refractivity contribution in [2.24, 2.45) is 5.92 Å². The lowest BCUT2D eigenvalue weighted by Gasteiger charge is -2.08. The van der Waals surface area contributed by atoms with Crippen LogP contribution in [0.5, 0.6) is 11.6 Å². The van der Waals surface area contributed by atoms with Crippen molar-refractivity contribution < 1.29 is 13.9 Å². The molecule has 7 heteroatoms. The monoisotopic (exact) mass is 288 g/mol. The number of aromatic nitrogens is 2. The molecule has 2 aromatic rings. The number of ether oxygens (including phenoxy) is 1. The summed E-state index contributed by atoms with van der Waals surface area (Å²) in [6.07, 6.45) is 3.04. The molecular formula is C14H13FN4O2. The van der Waals surface area contributed by atoms with Gasteiger partial charge in [-0.3, -0.25) is 4.79 Å². The highest BCUT2D eigenvalue weighted by Gasteiger charge is 2.29. The number of hydrogen-bond donors (Lipinski definition) is 2. The average Bonchev–Trinajstić information content (AvgIpc) is 3.27. The van der Waals surface area contributed by atoms with E-state index in [0.29, 0.717) is 11.5 Å². The molecule has 108 valence electrons. The van der Waals surface area contributed by atoms with Gasteiger partial charge in [0.25, 0.3) is 0 Å². The number of nitrogens with one attached hydrogen (secondary N) is 1. The zero-order valence-corrected chi connectivity index (χ0v) is 11.0. The van der Waals surface area contributed by atoms with Gasteiger partial charge in [0, 0.05) is 23.7 Å². The molecule has 0 atom stereocenters.